The lowest BCUT2D eigenvalue weighted by molar-refractivity contribution is -0.125. The number of Topliss-reactive ketones (excluding diaryl/α,β-unsaturated/α-hetero) is 1. The summed E-state index contributed by atoms with van der Waals surface area (Å²) in [6, 6.07) is 23.2. The predicted molar refractivity (Wildman–Crippen MR) is 516 cm³/mol. The average molecular weight is 1930 g/mol. The lowest BCUT2D eigenvalue weighted by Gasteiger charge is -2.39. The number of sulfone groups is 1. The first-order valence-electron chi connectivity index (χ1n) is 48.5. The molecule has 4 aromatic carbocycles. The van der Waals surface area contributed by atoms with Gasteiger partial charge in [-0.1, -0.05) is 12.1 Å². The zero-order valence-electron chi connectivity index (χ0n) is 78.1. The molecule has 0 radical (unpaired) electrons. The number of carbonyl (C=O) groups excluding carboxylic acids is 6. The van der Waals surface area contributed by atoms with Crippen molar-refractivity contribution in [2.75, 3.05) is 183 Å². The maximum atomic E-state index is 14.8. The number of aromatic nitrogens is 8. The maximum absolute atomic E-state index is 14.8. The Morgan fingerprint density at radius 1 is 0.424 bits per heavy atom. The van der Waals surface area contributed by atoms with Crippen LogP contribution in [0.15, 0.2) is 109 Å². The number of nitrogens with two attached hydrogens (primary N) is 4. The van der Waals surface area contributed by atoms with Crippen LogP contribution in [0, 0.1) is 106 Å². The molecule has 8 aromatic rings. The van der Waals surface area contributed by atoms with Crippen molar-refractivity contribution in [3.05, 3.63) is 138 Å². The van der Waals surface area contributed by atoms with Crippen LogP contribution in [0.1, 0.15) is 86.6 Å². The minimum atomic E-state index is -3.58. The zero-order chi connectivity index (χ0) is 96.7. The molecule has 17 N–H and O–H groups in total. The summed E-state index contributed by atoms with van der Waals surface area (Å²) in [6.45, 7) is 12.1. The second kappa shape index (κ2) is 38.8. The van der Waals surface area contributed by atoms with Gasteiger partial charge in [0.05, 0.1) is 71.2 Å². The second-order valence-electron chi connectivity index (χ2n) is 40.6. The Balaban J connectivity index is 0.000000114. The average Bonchev–Trinajstić information content (AvgIpc) is 1.61. The van der Waals surface area contributed by atoms with E-state index in [0.29, 0.717) is 48.5 Å². The highest BCUT2D eigenvalue weighted by atomic mass is 32.2. The summed E-state index contributed by atoms with van der Waals surface area (Å²) in [4.78, 5) is 125. The van der Waals surface area contributed by atoms with E-state index in [9.17, 15) is 54.7 Å². The van der Waals surface area contributed by atoms with E-state index in [2.05, 4.69) is 156 Å². The van der Waals surface area contributed by atoms with Crippen molar-refractivity contribution in [2.45, 2.75) is 118 Å². The van der Waals surface area contributed by atoms with E-state index in [4.69, 9.17) is 27.7 Å². The molecule has 8 aliphatic carbocycles. The molecule has 23 rings (SSSR count). The van der Waals surface area contributed by atoms with Crippen LogP contribution in [-0.2, 0) is 40.2 Å². The lowest BCUT2D eigenvalue weighted by atomic mass is 9.75. The molecule has 4 aromatic heterocycles. The van der Waals surface area contributed by atoms with E-state index in [0.717, 1.165) is 195 Å². The number of hydrogen-bond acceptors (Lipinski definition) is 32. The number of nitrogens with one attached hydrogen (secondary N) is 9. The van der Waals surface area contributed by atoms with Crippen LogP contribution >= 0.6 is 0 Å². The lowest BCUT2D eigenvalue weighted by Crippen LogP contribution is -2.52. The van der Waals surface area contributed by atoms with E-state index in [1.165, 1.54) is 0 Å². The molecule has 42 heteroatoms. The van der Waals surface area contributed by atoms with Crippen LogP contribution in [0.25, 0.3) is 0 Å². The number of likely N-dealkylation sites (N-methyl/N-ethyl adjacent to an activating group) is 4. The smallest absolute Gasteiger partial charge is 0.229 e. The molecule has 37 nitrogen and oxygen atoms in total. The first kappa shape index (κ1) is 94.0. The number of amides is 5. The Hall–Kier alpha value is -12.7. The Labute approximate surface area is 802 Å². The van der Waals surface area contributed by atoms with Gasteiger partial charge in [-0.15, -0.1) is 0 Å². The first-order chi connectivity index (χ1) is 66.9. The van der Waals surface area contributed by atoms with Gasteiger partial charge in [0.25, 0.3) is 0 Å². The van der Waals surface area contributed by atoms with E-state index in [1.807, 2.05) is 60.7 Å². The van der Waals surface area contributed by atoms with Crippen LogP contribution in [-0.4, -0.2) is 265 Å². The fourth-order valence-corrected chi connectivity index (χ4v) is 26.9. The number of ether oxygens (including phenoxy) is 1. The highest BCUT2D eigenvalue weighted by Crippen LogP contribution is 2.58. The fraction of sp³-hybridized carbons (Fsp3) is 0.526. The predicted octanol–water partition coefficient (Wildman–Crippen LogP) is 7.50. The number of rotatable bonds is 7. The summed E-state index contributed by atoms with van der Waals surface area (Å²) < 4.78 is 92.4. The third kappa shape index (κ3) is 19.7. The topological polar surface area (TPSA) is 484 Å². The molecule has 11 heterocycles. The van der Waals surface area contributed by atoms with Crippen LogP contribution in [0.3, 0.4) is 0 Å². The molecule has 7 aliphatic heterocycles. The molecule has 3 saturated heterocycles. The molecule has 11 fully saturated rings. The normalized spacial score (nSPS) is 30.2. The van der Waals surface area contributed by atoms with Gasteiger partial charge in [-0.3, -0.25) is 33.7 Å². The third-order valence-electron chi connectivity index (χ3n) is 32.2. The maximum Gasteiger partial charge on any atom is 0.229 e. The summed E-state index contributed by atoms with van der Waals surface area (Å²) in [5.74, 6) is -2.54. The highest BCUT2D eigenvalue weighted by Gasteiger charge is 2.60. The summed E-state index contributed by atoms with van der Waals surface area (Å²) >= 11 is 0. The van der Waals surface area contributed by atoms with Crippen molar-refractivity contribution in [3.63, 3.8) is 0 Å². The molecule has 736 valence electrons. The minimum Gasteiger partial charge on any atom is -0.490 e. The minimum absolute atomic E-state index is 0.0105. The van der Waals surface area contributed by atoms with Gasteiger partial charge >= 0.3 is 0 Å². The van der Waals surface area contributed by atoms with Crippen molar-refractivity contribution in [1.29, 1.82) is 0 Å². The van der Waals surface area contributed by atoms with E-state index in [1.54, 1.807) is 12.1 Å². The molecule has 8 saturated carbocycles. The van der Waals surface area contributed by atoms with Crippen molar-refractivity contribution in [2.24, 2.45) is 106 Å². The zero-order valence-corrected chi connectivity index (χ0v) is 78.9. The molecule has 0 spiro atoms. The van der Waals surface area contributed by atoms with E-state index >= 15 is 0 Å². The Bertz CT molecular complexity index is 6160. The SMILES string of the molecule is CN1CCN(c2cc3cc(c2)C(=O)CC[C@@H]2C[C@@H]4C[C@H]2[C@@H](Nc2nc(ncc2F)N3)[C@H]4C(N)=O)CC1.CN1CCN(c2cc3cc(c2)S(=O)(=O)CC[C@@H]2C[C@@H]4C[C@H]2[C@@H](Nc2nc(ncc2F)N3)[C@H]4C(N)=O)CC1.CN1CCN(c2ccc3cc2OCCN(C)[C@@H]2C[C@@H]4C[C@H]2[C@@H](Nc2nc(ncc2F)N3)[C@H]4C(N)=O)CC1.NC(=O)[C@H]1[C@H]2C[C@H]3[C@H]1Nc1nc(ncc1F)Nc1cccc(c1)CC(=O)N[C@@H]3C2. The standard InChI is InChI=1S/C26H35FN8O2.C26H32FN7O2.C25H32FN7O3S.C20H21FN6O2/c1-33-5-7-35(8-6-33)19-4-3-16-13-21(19)37-10-9-34(2)20-12-15-11-17(20)23(22(15)24(28)36)31-25-18(27)14-29-26(30-16)32-25;1-33-4-6-34(7-5-33)18-10-15-9-17(12-18)30-26-29-13-20(27)25(32-26)31-23-19-11-16(22(23)24(28)36)8-14(19)2-3-21(15)35;1-32-3-5-33(6-4-32)17-10-16-11-18(12-17)37(35,36)7-2-14-8-15-9-19(14)22(21(15)23(27)34)30-24-20(26)13-28-25(29-16)31-24;21-13-8-23-20-24-11-3-1-2-9(4-11)5-15(28)25-14-7-10-6-12(14)17(16(10)18(22)29)26-19(13)27-20/h3-4,13-15,17,20,22-23H,5-12H2,1-2H3,(H2,28,36)(H2,29,30,31,32);9-10,12-14,16,19,22-23H,2-8,11H2,1H3,(H2,28,36)(H2,29,30,31,32);10-15,19,21-22H,2-9H2,1H3,(H2,27,34)(H2,28,29,30,31);1-4,8,10,12,14,16-17H,5-7H2,(H2,22,29)(H,25,28)(H2,23,24,26,27)/t15-,17+,20+,22-,23+;14-,16-,19-,22+,23-;14-,15-,19-,21+,22-;10-,12+,14+,16-,17+/m0110/s1. The number of halogens is 4. The molecule has 5 amide bonds. The van der Waals surface area contributed by atoms with Crippen molar-refractivity contribution in [3.8, 4) is 5.75 Å². The number of piperazine rings is 3. The summed E-state index contributed by atoms with van der Waals surface area (Å²) in [7, 11) is 4.84. The number of anilines is 15. The van der Waals surface area contributed by atoms with Crippen molar-refractivity contribution in [1.82, 2.24) is 64.8 Å². The Kier molecular flexibility index (Phi) is 26.3. The summed E-state index contributed by atoms with van der Waals surface area (Å²) in [5, 5.41) is 28.3. The number of primary amides is 4. The molecule has 139 heavy (non-hydrogen) atoms. The van der Waals surface area contributed by atoms with Gasteiger partial charge in [0.2, 0.25) is 53.3 Å². The highest BCUT2D eigenvalue weighted by molar-refractivity contribution is 7.91. The molecule has 0 unspecified atom stereocenters. The summed E-state index contributed by atoms with van der Waals surface area (Å²) in [6.07, 6.45) is 12.8. The van der Waals surface area contributed by atoms with Gasteiger partial charge in [0.1, 0.15) is 12.4 Å². The van der Waals surface area contributed by atoms with Gasteiger partial charge in [-0.05, 0) is 212 Å². The van der Waals surface area contributed by atoms with Gasteiger partial charge in [-0.2, -0.15) is 19.9 Å². The van der Waals surface area contributed by atoms with Crippen LogP contribution in [0.2, 0.25) is 0 Å². The molecule has 15 aliphatic rings. The van der Waals surface area contributed by atoms with E-state index in [-0.39, 0.29) is 183 Å². The Morgan fingerprint density at radius 2 is 0.856 bits per heavy atom. The van der Waals surface area contributed by atoms with Crippen LogP contribution < -0.4 is 90.2 Å². The Morgan fingerprint density at radius 3 is 1.37 bits per heavy atom. The van der Waals surface area contributed by atoms with Crippen molar-refractivity contribution >= 4 is 132 Å². The second-order valence-corrected chi connectivity index (χ2v) is 42.7. The van der Waals surface area contributed by atoms with Gasteiger partial charge < -0.3 is 105 Å². The number of fused-ring (bicyclic) bond motifs is 20. The van der Waals surface area contributed by atoms with E-state index < -0.39 is 68.8 Å². The van der Waals surface area contributed by atoms with Crippen LogP contribution in [0.5, 0.6) is 5.75 Å². The molecule has 24 bridgehead atoms. The van der Waals surface area contributed by atoms with Gasteiger partial charge in [0.15, 0.2) is 62.2 Å². The quantitative estimate of drug-likeness (QED) is 0.0687. The van der Waals surface area contributed by atoms with Crippen LogP contribution in [0.4, 0.5) is 104 Å². The molecule has 20 atom stereocenters. The number of hydrogen-bond donors (Lipinski definition) is 13. The fourth-order valence-electron chi connectivity index (χ4n) is 25.4. The molecular weight excluding hydrogens is 1810 g/mol. The largest absolute Gasteiger partial charge is 0.490 e. The van der Waals surface area contributed by atoms with Gasteiger partial charge in [0, 0.05) is 179 Å². The molecular formula is C97H120F4N28O9S. The van der Waals surface area contributed by atoms with Gasteiger partial charge in [-0.25, -0.2) is 45.9 Å². The van der Waals surface area contributed by atoms with Crippen molar-refractivity contribution < 1.29 is 59.5 Å². The number of ketones is 1. The monoisotopic (exact) mass is 1930 g/mol. The summed E-state index contributed by atoms with van der Waals surface area (Å²) in [5.41, 5.74) is 30.0. The number of benzene rings is 4. The first-order valence-corrected chi connectivity index (χ1v) is 50.2. The third-order valence-corrected chi connectivity index (χ3v) is 33.9. The number of carbonyl (C=O) groups is 6. The number of nitrogens with zero attached hydrogens (tertiary/aromatic N) is 15.